The normalized spacial score (nSPS) is 23.7. The van der Waals surface area contributed by atoms with E-state index in [1.165, 1.54) is 0 Å². The number of piperidine rings is 1. The number of ether oxygens (including phenoxy) is 1. The first-order valence-corrected chi connectivity index (χ1v) is 7.12. The van der Waals surface area contributed by atoms with Crippen LogP contribution in [0.3, 0.4) is 0 Å². The molecular weight excluding hydrogens is 256 g/mol. The largest absolute Gasteiger partial charge is 0.444 e. The van der Waals surface area contributed by atoms with Gasteiger partial charge >= 0.3 is 6.09 Å². The first-order chi connectivity index (χ1) is 9.06. The minimum Gasteiger partial charge on any atom is -0.444 e. The predicted octanol–water partition coefficient (Wildman–Crippen LogP) is 3.14. The Morgan fingerprint density at radius 1 is 1.45 bits per heavy atom. The molecule has 1 saturated heterocycles. The molecule has 0 N–H and O–H groups in total. The van der Waals surface area contributed by atoms with Crippen LogP contribution in [0.25, 0.3) is 0 Å². The highest BCUT2D eigenvalue weighted by atomic mass is 16.6. The van der Waals surface area contributed by atoms with Crippen molar-refractivity contribution < 1.29 is 14.3 Å². The lowest BCUT2D eigenvalue weighted by molar-refractivity contribution is -0.0106. The van der Waals surface area contributed by atoms with E-state index in [1.807, 2.05) is 27.7 Å². The minimum atomic E-state index is -0.527. The van der Waals surface area contributed by atoms with Crippen molar-refractivity contribution in [1.82, 2.24) is 4.90 Å². The second kappa shape index (κ2) is 5.96. The van der Waals surface area contributed by atoms with Crippen molar-refractivity contribution in [2.75, 3.05) is 6.54 Å². The van der Waals surface area contributed by atoms with Crippen LogP contribution in [0.15, 0.2) is 4.99 Å². The van der Waals surface area contributed by atoms with Crippen molar-refractivity contribution >= 4 is 12.2 Å². The highest BCUT2D eigenvalue weighted by Gasteiger charge is 2.40. The molecule has 0 aliphatic carbocycles. The maximum absolute atomic E-state index is 12.4. The lowest BCUT2D eigenvalue weighted by Gasteiger charge is -2.44. The minimum absolute atomic E-state index is 0.0536. The van der Waals surface area contributed by atoms with E-state index in [0.717, 1.165) is 12.8 Å². The zero-order valence-corrected chi connectivity index (χ0v) is 13.4. The van der Waals surface area contributed by atoms with E-state index in [0.29, 0.717) is 6.54 Å². The van der Waals surface area contributed by atoms with Crippen molar-refractivity contribution in [2.24, 2.45) is 10.4 Å². The average Bonchev–Trinajstić information content (AvgIpc) is 2.25. The molecule has 0 aromatic carbocycles. The number of carbonyl (C=O) groups is 1. The Morgan fingerprint density at radius 2 is 2.05 bits per heavy atom. The maximum atomic E-state index is 12.4. The van der Waals surface area contributed by atoms with Gasteiger partial charge in [0.15, 0.2) is 0 Å². The first kappa shape index (κ1) is 16.7. The summed E-state index contributed by atoms with van der Waals surface area (Å²) >= 11 is 0. The molecule has 5 nitrogen and oxygen atoms in total. The molecule has 2 atom stereocenters. The van der Waals surface area contributed by atoms with Crippen molar-refractivity contribution in [3.8, 4) is 0 Å². The van der Waals surface area contributed by atoms with Gasteiger partial charge in [-0.15, -0.1) is 0 Å². The summed E-state index contributed by atoms with van der Waals surface area (Å²) in [6, 6.07) is -0.351. The Labute approximate surface area is 121 Å². The van der Waals surface area contributed by atoms with Crippen molar-refractivity contribution in [3.63, 3.8) is 0 Å². The molecule has 114 valence electrons. The van der Waals surface area contributed by atoms with E-state index in [1.54, 1.807) is 11.0 Å². The molecule has 1 amide bonds. The SMILES string of the molecule is CC(N=C=O)C1CCC(C)(C)CN1C(=O)OC(C)(C)C. The summed E-state index contributed by atoms with van der Waals surface area (Å²) in [4.78, 5) is 28.3. The molecule has 1 aliphatic rings. The number of aliphatic imine (C=N–C) groups is 1. The highest BCUT2D eigenvalue weighted by molar-refractivity contribution is 5.69. The third kappa shape index (κ3) is 4.64. The molecule has 2 unspecified atom stereocenters. The van der Waals surface area contributed by atoms with Gasteiger partial charge < -0.3 is 9.64 Å². The number of hydrogen-bond acceptors (Lipinski definition) is 4. The van der Waals surface area contributed by atoms with E-state index >= 15 is 0 Å². The van der Waals surface area contributed by atoms with Crippen molar-refractivity contribution in [3.05, 3.63) is 0 Å². The average molecular weight is 282 g/mol. The van der Waals surface area contributed by atoms with Gasteiger partial charge in [-0.2, -0.15) is 0 Å². The monoisotopic (exact) mass is 282 g/mol. The van der Waals surface area contributed by atoms with Gasteiger partial charge in [0.05, 0.1) is 12.1 Å². The third-order valence-corrected chi connectivity index (χ3v) is 3.56. The van der Waals surface area contributed by atoms with E-state index < -0.39 is 5.60 Å². The van der Waals surface area contributed by atoms with Gasteiger partial charge in [-0.1, -0.05) is 13.8 Å². The molecule has 0 radical (unpaired) electrons. The molecule has 0 saturated carbocycles. The molecule has 0 spiro atoms. The van der Waals surface area contributed by atoms with Crippen LogP contribution >= 0.6 is 0 Å². The van der Waals surface area contributed by atoms with E-state index in [4.69, 9.17) is 4.74 Å². The lowest BCUT2D eigenvalue weighted by Crippen LogP contribution is -2.54. The quantitative estimate of drug-likeness (QED) is 0.577. The Kier molecular flexibility index (Phi) is 4.98. The van der Waals surface area contributed by atoms with Gasteiger partial charge in [0.25, 0.3) is 0 Å². The van der Waals surface area contributed by atoms with E-state index in [9.17, 15) is 9.59 Å². The zero-order chi connectivity index (χ0) is 15.6. The summed E-state index contributed by atoms with van der Waals surface area (Å²) < 4.78 is 5.48. The van der Waals surface area contributed by atoms with Crippen LogP contribution < -0.4 is 0 Å². The Bertz CT molecular complexity index is 406. The summed E-state index contributed by atoms with van der Waals surface area (Å²) in [5.41, 5.74) is -0.474. The smallest absolute Gasteiger partial charge is 0.410 e. The van der Waals surface area contributed by atoms with E-state index in [2.05, 4.69) is 18.8 Å². The number of rotatable bonds is 2. The number of nitrogens with zero attached hydrogens (tertiary/aromatic N) is 2. The number of carbonyl (C=O) groups excluding carboxylic acids is 2. The van der Waals surface area contributed by atoms with Gasteiger partial charge in [0.1, 0.15) is 5.60 Å². The van der Waals surface area contributed by atoms with Crippen molar-refractivity contribution in [1.29, 1.82) is 0 Å². The van der Waals surface area contributed by atoms with Gasteiger partial charge in [-0.05, 0) is 46.0 Å². The van der Waals surface area contributed by atoms with Crippen LogP contribution in [-0.4, -0.2) is 41.3 Å². The first-order valence-electron chi connectivity index (χ1n) is 7.12. The molecule has 0 aromatic rings. The van der Waals surface area contributed by atoms with Crippen LogP contribution in [-0.2, 0) is 9.53 Å². The molecule has 0 bridgehead atoms. The van der Waals surface area contributed by atoms with Gasteiger partial charge in [0.2, 0.25) is 6.08 Å². The molecule has 1 heterocycles. The maximum Gasteiger partial charge on any atom is 0.410 e. The van der Waals surface area contributed by atoms with Crippen LogP contribution in [0.4, 0.5) is 4.79 Å². The lowest BCUT2D eigenvalue weighted by atomic mass is 9.80. The Balaban J connectivity index is 2.93. The summed E-state index contributed by atoms with van der Waals surface area (Å²) in [6.07, 6.45) is 3.07. The van der Waals surface area contributed by atoms with Gasteiger partial charge in [0, 0.05) is 6.54 Å². The van der Waals surface area contributed by atoms with Crippen LogP contribution in [0, 0.1) is 5.41 Å². The fraction of sp³-hybridized carbons (Fsp3) is 0.867. The summed E-state index contributed by atoms with van der Waals surface area (Å²) in [6.45, 7) is 12.3. The number of isocyanates is 1. The van der Waals surface area contributed by atoms with Crippen LogP contribution in [0.2, 0.25) is 0 Å². The van der Waals surface area contributed by atoms with Gasteiger partial charge in [-0.25, -0.2) is 14.6 Å². The molecule has 5 heteroatoms. The van der Waals surface area contributed by atoms with Crippen LogP contribution in [0.5, 0.6) is 0 Å². The predicted molar refractivity (Wildman–Crippen MR) is 77.3 cm³/mol. The molecule has 1 aliphatic heterocycles. The fourth-order valence-corrected chi connectivity index (χ4v) is 2.54. The van der Waals surface area contributed by atoms with Gasteiger partial charge in [-0.3, -0.25) is 0 Å². The van der Waals surface area contributed by atoms with Crippen LogP contribution in [0.1, 0.15) is 54.4 Å². The Morgan fingerprint density at radius 3 is 2.55 bits per heavy atom. The number of hydrogen-bond donors (Lipinski definition) is 0. The second-order valence-corrected chi connectivity index (χ2v) is 7.34. The topological polar surface area (TPSA) is 59.0 Å². The zero-order valence-electron chi connectivity index (χ0n) is 13.4. The van der Waals surface area contributed by atoms with Crippen molar-refractivity contribution in [2.45, 2.75) is 72.1 Å². The summed E-state index contributed by atoms with van der Waals surface area (Å²) in [5.74, 6) is 0. The molecule has 1 fully saturated rings. The third-order valence-electron chi connectivity index (χ3n) is 3.56. The molecular formula is C15H26N2O3. The summed E-state index contributed by atoms with van der Waals surface area (Å²) in [5, 5.41) is 0. The number of likely N-dealkylation sites (tertiary alicyclic amines) is 1. The summed E-state index contributed by atoms with van der Waals surface area (Å²) in [7, 11) is 0. The molecule has 20 heavy (non-hydrogen) atoms. The molecule has 1 rings (SSSR count). The highest BCUT2D eigenvalue weighted by Crippen LogP contribution is 2.34. The Hall–Kier alpha value is -1.35. The molecule has 0 aromatic heterocycles. The van der Waals surface area contributed by atoms with E-state index in [-0.39, 0.29) is 23.6 Å². The number of amides is 1. The standard InChI is InChI=1S/C15H26N2O3/c1-11(16-10-18)12-7-8-15(5,6)9-17(12)13(19)20-14(2,3)4/h11-12H,7-9H2,1-6H3. The second-order valence-electron chi connectivity index (χ2n) is 7.34. The fourth-order valence-electron chi connectivity index (χ4n) is 2.54.